The van der Waals surface area contributed by atoms with Crippen molar-refractivity contribution in [3.63, 3.8) is 0 Å². The number of carbonyl (C=O) groups excluding carboxylic acids is 2. The second-order valence-corrected chi connectivity index (χ2v) is 11.1. The predicted molar refractivity (Wildman–Crippen MR) is 109 cm³/mol. The van der Waals surface area contributed by atoms with Gasteiger partial charge >= 0.3 is 0 Å². The first-order valence-electron chi connectivity index (χ1n) is 7.97. The van der Waals surface area contributed by atoms with E-state index in [1.807, 2.05) is 17.5 Å². The standard InChI is InChI=1S/C16H18N2O4S4/c1-10(14(19)17(2)11-5-7-26(21,22)9-11)18-15(20)13(25-16(18)23)8-12-4-3-6-24-12/h3-4,6,8,10-11H,5,7,9H2,1-2H3/b13-8+/t10-,11-/m0/s1. The van der Waals surface area contributed by atoms with E-state index >= 15 is 0 Å². The molecule has 0 spiro atoms. The molecule has 3 heterocycles. The number of thioether (sulfide) groups is 1. The summed E-state index contributed by atoms with van der Waals surface area (Å²) in [7, 11) is -1.50. The van der Waals surface area contributed by atoms with E-state index in [0.29, 0.717) is 15.6 Å². The lowest BCUT2D eigenvalue weighted by Gasteiger charge is -2.30. The Balaban J connectivity index is 1.74. The Morgan fingerprint density at radius 2 is 2.23 bits per heavy atom. The van der Waals surface area contributed by atoms with Crippen molar-refractivity contribution in [3.05, 3.63) is 27.3 Å². The van der Waals surface area contributed by atoms with Gasteiger partial charge in [-0.15, -0.1) is 11.3 Å². The molecule has 3 rings (SSSR count). The topological polar surface area (TPSA) is 74.8 Å². The van der Waals surface area contributed by atoms with Gasteiger partial charge in [-0.05, 0) is 30.9 Å². The maximum atomic E-state index is 12.8. The SMILES string of the molecule is C[C@@H](C(=O)N(C)[C@H]1CCS(=O)(=O)C1)N1C(=O)/C(=C\c2cccs2)SC1=S. The van der Waals surface area contributed by atoms with Crippen LogP contribution in [0.3, 0.4) is 0 Å². The highest BCUT2D eigenvalue weighted by atomic mass is 32.2. The highest BCUT2D eigenvalue weighted by molar-refractivity contribution is 8.26. The van der Waals surface area contributed by atoms with Crippen LogP contribution >= 0.6 is 35.3 Å². The first-order chi connectivity index (χ1) is 12.2. The third-order valence-electron chi connectivity index (χ3n) is 4.49. The van der Waals surface area contributed by atoms with Crippen LogP contribution < -0.4 is 0 Å². The molecule has 0 aromatic carbocycles. The summed E-state index contributed by atoms with van der Waals surface area (Å²) in [4.78, 5) is 29.7. The maximum absolute atomic E-state index is 12.8. The van der Waals surface area contributed by atoms with Crippen molar-refractivity contribution in [1.29, 1.82) is 0 Å². The molecule has 2 aliphatic heterocycles. The van der Waals surface area contributed by atoms with Gasteiger partial charge in [-0.25, -0.2) is 8.42 Å². The van der Waals surface area contributed by atoms with Gasteiger partial charge in [-0.1, -0.05) is 30.0 Å². The minimum absolute atomic E-state index is 0.0291. The Bertz CT molecular complexity index is 876. The second-order valence-electron chi connectivity index (χ2n) is 6.25. The minimum atomic E-state index is -3.09. The van der Waals surface area contributed by atoms with Crippen molar-refractivity contribution < 1.29 is 18.0 Å². The zero-order valence-electron chi connectivity index (χ0n) is 14.2. The predicted octanol–water partition coefficient (Wildman–Crippen LogP) is 1.98. The van der Waals surface area contributed by atoms with E-state index in [1.54, 1.807) is 20.0 Å². The molecular formula is C16H18N2O4S4. The van der Waals surface area contributed by atoms with Crippen LogP contribution in [-0.4, -0.2) is 65.0 Å². The highest BCUT2D eigenvalue weighted by Gasteiger charge is 2.41. The van der Waals surface area contributed by atoms with Crippen molar-refractivity contribution in [2.75, 3.05) is 18.6 Å². The monoisotopic (exact) mass is 430 g/mol. The molecule has 0 unspecified atom stereocenters. The fourth-order valence-electron chi connectivity index (χ4n) is 2.98. The lowest BCUT2D eigenvalue weighted by Crippen LogP contribution is -2.50. The summed E-state index contributed by atoms with van der Waals surface area (Å²) in [5.74, 6) is -0.533. The molecule has 140 valence electrons. The van der Waals surface area contributed by atoms with Crippen LogP contribution in [0.15, 0.2) is 22.4 Å². The number of amides is 2. The molecule has 2 fully saturated rings. The molecule has 10 heteroatoms. The van der Waals surface area contributed by atoms with Crippen LogP contribution in [0.1, 0.15) is 18.2 Å². The summed E-state index contributed by atoms with van der Waals surface area (Å²) >= 11 is 8.00. The van der Waals surface area contributed by atoms with Gasteiger partial charge < -0.3 is 4.90 Å². The number of hydrogen-bond donors (Lipinski definition) is 0. The van der Waals surface area contributed by atoms with E-state index in [4.69, 9.17) is 12.2 Å². The first kappa shape index (κ1) is 19.5. The average Bonchev–Trinajstić information content (AvgIpc) is 3.27. The number of sulfone groups is 1. The Kier molecular flexibility index (Phi) is 5.57. The van der Waals surface area contributed by atoms with E-state index in [9.17, 15) is 18.0 Å². The summed E-state index contributed by atoms with van der Waals surface area (Å²) in [6, 6.07) is 2.67. The molecule has 26 heavy (non-hydrogen) atoms. The molecule has 0 N–H and O–H groups in total. The van der Waals surface area contributed by atoms with Gasteiger partial charge in [0.05, 0.1) is 16.4 Å². The van der Waals surface area contributed by atoms with Crippen LogP contribution in [0, 0.1) is 0 Å². The van der Waals surface area contributed by atoms with E-state index in [1.165, 1.54) is 32.9 Å². The number of nitrogens with zero attached hydrogens (tertiary/aromatic N) is 2. The van der Waals surface area contributed by atoms with Crippen LogP contribution in [0.25, 0.3) is 6.08 Å². The molecule has 1 aromatic rings. The fourth-order valence-corrected chi connectivity index (χ4v) is 6.90. The zero-order valence-corrected chi connectivity index (χ0v) is 17.5. The summed E-state index contributed by atoms with van der Waals surface area (Å²) in [5.41, 5.74) is 0. The summed E-state index contributed by atoms with van der Waals surface area (Å²) in [5, 5.41) is 1.92. The van der Waals surface area contributed by atoms with E-state index < -0.39 is 15.9 Å². The van der Waals surface area contributed by atoms with Crippen LogP contribution in [-0.2, 0) is 19.4 Å². The van der Waals surface area contributed by atoms with Gasteiger partial charge in [0.2, 0.25) is 5.91 Å². The van der Waals surface area contributed by atoms with Crippen molar-refractivity contribution in [1.82, 2.24) is 9.80 Å². The number of thiocarbonyl (C=S) groups is 1. The minimum Gasteiger partial charge on any atom is -0.340 e. The average molecular weight is 431 g/mol. The maximum Gasteiger partial charge on any atom is 0.266 e. The van der Waals surface area contributed by atoms with Gasteiger partial charge in [-0.3, -0.25) is 14.5 Å². The summed E-state index contributed by atoms with van der Waals surface area (Å²) in [6.45, 7) is 1.63. The highest BCUT2D eigenvalue weighted by Crippen LogP contribution is 2.35. The lowest BCUT2D eigenvalue weighted by molar-refractivity contribution is -0.139. The number of hydrogen-bond acceptors (Lipinski definition) is 7. The molecule has 2 saturated heterocycles. The molecule has 0 saturated carbocycles. The van der Waals surface area contributed by atoms with E-state index in [2.05, 4.69) is 0 Å². The molecule has 1 aromatic heterocycles. The number of thiophene rings is 1. The first-order valence-corrected chi connectivity index (χ1v) is 11.9. The Morgan fingerprint density at radius 1 is 1.50 bits per heavy atom. The van der Waals surface area contributed by atoms with Gasteiger partial charge in [-0.2, -0.15) is 0 Å². The van der Waals surface area contributed by atoms with Crippen LogP contribution in [0.2, 0.25) is 0 Å². The summed E-state index contributed by atoms with van der Waals surface area (Å²) in [6.07, 6.45) is 2.20. The Labute approximate surface area is 166 Å². The van der Waals surface area contributed by atoms with E-state index in [0.717, 1.165) is 4.88 Å². The van der Waals surface area contributed by atoms with E-state index in [-0.39, 0.29) is 29.4 Å². The molecular weight excluding hydrogens is 412 g/mol. The van der Waals surface area contributed by atoms with Crippen molar-refractivity contribution in [2.45, 2.75) is 25.4 Å². The molecule has 2 aliphatic rings. The van der Waals surface area contributed by atoms with Gasteiger partial charge in [0, 0.05) is 18.0 Å². The largest absolute Gasteiger partial charge is 0.340 e. The number of likely N-dealkylation sites (N-methyl/N-ethyl adjacent to an activating group) is 1. The molecule has 0 radical (unpaired) electrons. The second kappa shape index (κ2) is 7.41. The van der Waals surface area contributed by atoms with Gasteiger partial charge in [0.15, 0.2) is 9.84 Å². The zero-order chi connectivity index (χ0) is 19.1. The lowest BCUT2D eigenvalue weighted by atomic mass is 10.2. The molecule has 6 nitrogen and oxygen atoms in total. The molecule has 0 bridgehead atoms. The smallest absolute Gasteiger partial charge is 0.266 e. The third-order valence-corrected chi connectivity index (χ3v) is 8.39. The Morgan fingerprint density at radius 3 is 2.81 bits per heavy atom. The molecule has 2 amide bonds. The fraction of sp³-hybridized carbons (Fsp3) is 0.438. The van der Waals surface area contributed by atoms with Crippen LogP contribution in [0.5, 0.6) is 0 Å². The number of rotatable bonds is 4. The van der Waals surface area contributed by atoms with Crippen LogP contribution in [0.4, 0.5) is 0 Å². The van der Waals surface area contributed by atoms with Gasteiger partial charge in [0.1, 0.15) is 10.4 Å². The number of carbonyl (C=O) groups is 2. The quantitative estimate of drug-likeness (QED) is 0.537. The van der Waals surface area contributed by atoms with Crippen molar-refractivity contribution >= 4 is 67.4 Å². The van der Waals surface area contributed by atoms with Crippen molar-refractivity contribution in [2.24, 2.45) is 0 Å². The molecule has 0 aliphatic carbocycles. The van der Waals surface area contributed by atoms with Gasteiger partial charge in [0.25, 0.3) is 5.91 Å². The molecule has 2 atom stereocenters. The Hall–Kier alpha value is -1.23. The third kappa shape index (κ3) is 3.88. The normalized spacial score (nSPS) is 25.1. The van der Waals surface area contributed by atoms with Crippen molar-refractivity contribution in [3.8, 4) is 0 Å². The summed E-state index contributed by atoms with van der Waals surface area (Å²) < 4.78 is 23.7.